The van der Waals surface area contributed by atoms with Crippen LogP contribution in [-0.2, 0) is 6.54 Å². The molecule has 0 spiro atoms. The number of aryl methyl sites for hydroxylation is 1. The van der Waals surface area contributed by atoms with Gasteiger partial charge in [0.15, 0.2) is 16.8 Å². The molecule has 3 heterocycles. The van der Waals surface area contributed by atoms with Gasteiger partial charge in [-0.2, -0.15) is 9.61 Å². The predicted molar refractivity (Wildman–Crippen MR) is 107 cm³/mol. The van der Waals surface area contributed by atoms with Gasteiger partial charge in [0.25, 0.3) is 5.56 Å². The van der Waals surface area contributed by atoms with Gasteiger partial charge in [-0.15, -0.1) is 10.2 Å². The lowest BCUT2D eigenvalue weighted by molar-refractivity contribution is 0.609. The average molecular weight is 372 g/mol. The Labute approximate surface area is 161 Å². The summed E-state index contributed by atoms with van der Waals surface area (Å²) in [6.45, 7) is 0.613. The fourth-order valence-electron chi connectivity index (χ4n) is 3.78. The van der Waals surface area contributed by atoms with Crippen LogP contribution in [0.4, 0.5) is 0 Å². The Balaban J connectivity index is 1.54. The molecule has 5 rings (SSSR count). The third-order valence-corrected chi connectivity index (χ3v) is 5.33. The summed E-state index contributed by atoms with van der Waals surface area (Å²) in [5.41, 5.74) is 4.40. The molecule has 140 valence electrons. The number of aromatic nitrogens is 6. The van der Waals surface area contributed by atoms with Crippen molar-refractivity contribution in [3.8, 4) is 11.1 Å². The second kappa shape index (κ2) is 6.99. The van der Waals surface area contributed by atoms with Gasteiger partial charge in [0, 0.05) is 12.1 Å². The Morgan fingerprint density at radius 2 is 1.93 bits per heavy atom. The molecule has 0 amide bonds. The molecule has 1 aromatic carbocycles. The van der Waals surface area contributed by atoms with E-state index >= 15 is 0 Å². The van der Waals surface area contributed by atoms with E-state index in [1.165, 1.54) is 18.4 Å². The molecule has 0 bridgehead atoms. The first kappa shape index (κ1) is 16.8. The van der Waals surface area contributed by atoms with Crippen LogP contribution < -0.4 is 5.56 Å². The van der Waals surface area contributed by atoms with Gasteiger partial charge in [-0.05, 0) is 37.7 Å². The Bertz CT molecular complexity index is 1240. The van der Waals surface area contributed by atoms with Crippen LogP contribution in [0.3, 0.4) is 0 Å². The summed E-state index contributed by atoms with van der Waals surface area (Å²) < 4.78 is 3.22. The minimum Gasteiger partial charge on any atom is -0.297 e. The van der Waals surface area contributed by atoms with Crippen LogP contribution >= 0.6 is 0 Å². The SMILES string of the molecule is O=c1c2nnc3c(-c4ccccc4)cnn3c2ncn1CCC1=CCCCC1. The molecule has 4 aromatic rings. The van der Waals surface area contributed by atoms with Crippen LogP contribution in [-0.4, -0.2) is 29.4 Å². The lowest BCUT2D eigenvalue weighted by atomic mass is 9.97. The molecule has 0 aliphatic heterocycles. The quantitative estimate of drug-likeness (QED) is 0.513. The summed E-state index contributed by atoms with van der Waals surface area (Å²) in [5.74, 6) is 0. The molecule has 0 N–H and O–H groups in total. The van der Waals surface area contributed by atoms with Crippen molar-refractivity contribution in [2.24, 2.45) is 0 Å². The van der Waals surface area contributed by atoms with Gasteiger partial charge in [0.1, 0.15) is 6.33 Å². The van der Waals surface area contributed by atoms with Gasteiger partial charge in [-0.3, -0.25) is 9.36 Å². The van der Waals surface area contributed by atoms with E-state index in [0.29, 0.717) is 17.8 Å². The smallest absolute Gasteiger partial charge is 0.283 e. The highest BCUT2D eigenvalue weighted by molar-refractivity contribution is 5.80. The summed E-state index contributed by atoms with van der Waals surface area (Å²) in [5, 5.41) is 12.9. The Hall–Kier alpha value is -3.35. The van der Waals surface area contributed by atoms with E-state index in [0.717, 1.165) is 30.4 Å². The molecule has 1 aliphatic rings. The van der Waals surface area contributed by atoms with Crippen molar-refractivity contribution in [2.45, 2.75) is 38.6 Å². The molecule has 0 fully saturated rings. The first-order valence-electron chi connectivity index (χ1n) is 9.64. The van der Waals surface area contributed by atoms with Crippen molar-refractivity contribution in [1.82, 2.24) is 29.4 Å². The van der Waals surface area contributed by atoms with Crippen LogP contribution in [0.25, 0.3) is 27.9 Å². The predicted octanol–water partition coefficient (Wildman–Crippen LogP) is 3.39. The molecule has 0 saturated carbocycles. The van der Waals surface area contributed by atoms with Crippen molar-refractivity contribution in [1.29, 1.82) is 0 Å². The lowest BCUT2D eigenvalue weighted by Gasteiger charge is -2.13. The summed E-state index contributed by atoms with van der Waals surface area (Å²) in [7, 11) is 0. The van der Waals surface area contributed by atoms with Gasteiger partial charge in [0.2, 0.25) is 0 Å². The van der Waals surface area contributed by atoms with E-state index in [2.05, 4.69) is 26.4 Å². The number of hydrogen-bond acceptors (Lipinski definition) is 5. The molecular weight excluding hydrogens is 352 g/mol. The standard InChI is InChI=1S/C21H20N6O/c28-21-18-20(22-14-26(21)12-11-15-7-3-1-4-8-15)27-19(25-24-18)17(13-23-27)16-9-5-2-6-10-16/h2,5-7,9-10,13-14H,1,3-4,8,11-12H2. The fourth-order valence-corrected chi connectivity index (χ4v) is 3.78. The van der Waals surface area contributed by atoms with E-state index < -0.39 is 0 Å². The third-order valence-electron chi connectivity index (χ3n) is 5.33. The van der Waals surface area contributed by atoms with Gasteiger partial charge in [-0.1, -0.05) is 42.0 Å². The number of nitrogens with zero attached hydrogens (tertiary/aromatic N) is 6. The summed E-state index contributed by atoms with van der Waals surface area (Å²) in [6.07, 6.45) is 11.3. The molecule has 1 aliphatic carbocycles. The van der Waals surface area contributed by atoms with Gasteiger partial charge < -0.3 is 0 Å². The zero-order valence-electron chi connectivity index (χ0n) is 15.5. The molecule has 0 atom stereocenters. The average Bonchev–Trinajstić information content (AvgIpc) is 3.19. The van der Waals surface area contributed by atoms with Crippen LogP contribution in [0.5, 0.6) is 0 Å². The summed E-state index contributed by atoms with van der Waals surface area (Å²) >= 11 is 0. The molecule has 0 radical (unpaired) electrons. The first-order chi connectivity index (χ1) is 13.8. The molecule has 7 heteroatoms. The van der Waals surface area contributed by atoms with Crippen molar-refractivity contribution in [2.75, 3.05) is 0 Å². The fraction of sp³-hybridized carbons (Fsp3) is 0.286. The van der Waals surface area contributed by atoms with E-state index in [-0.39, 0.29) is 11.1 Å². The highest BCUT2D eigenvalue weighted by Gasteiger charge is 2.15. The van der Waals surface area contributed by atoms with E-state index in [4.69, 9.17) is 0 Å². The molecule has 0 unspecified atom stereocenters. The molecule has 3 aromatic heterocycles. The Morgan fingerprint density at radius 1 is 1.04 bits per heavy atom. The number of fused-ring (bicyclic) bond motifs is 3. The van der Waals surface area contributed by atoms with Gasteiger partial charge in [-0.25, -0.2) is 4.98 Å². The largest absolute Gasteiger partial charge is 0.297 e. The zero-order valence-corrected chi connectivity index (χ0v) is 15.5. The molecule has 0 saturated heterocycles. The maximum atomic E-state index is 12.9. The van der Waals surface area contributed by atoms with Crippen LogP contribution in [0.1, 0.15) is 32.1 Å². The van der Waals surface area contributed by atoms with E-state index in [1.54, 1.807) is 21.6 Å². The van der Waals surface area contributed by atoms with Crippen molar-refractivity contribution < 1.29 is 0 Å². The van der Waals surface area contributed by atoms with Crippen LogP contribution in [0.15, 0.2) is 59.3 Å². The highest BCUT2D eigenvalue weighted by Crippen LogP contribution is 2.23. The molecule has 7 nitrogen and oxygen atoms in total. The van der Waals surface area contributed by atoms with E-state index in [1.807, 2.05) is 30.3 Å². The first-order valence-corrected chi connectivity index (χ1v) is 9.64. The van der Waals surface area contributed by atoms with Gasteiger partial charge in [0.05, 0.1) is 6.20 Å². The van der Waals surface area contributed by atoms with Crippen molar-refractivity contribution >= 4 is 16.8 Å². The Morgan fingerprint density at radius 3 is 2.75 bits per heavy atom. The normalized spacial score (nSPS) is 14.5. The molecule has 28 heavy (non-hydrogen) atoms. The number of rotatable bonds is 4. The second-order valence-electron chi connectivity index (χ2n) is 7.13. The van der Waals surface area contributed by atoms with Crippen molar-refractivity contribution in [3.05, 3.63) is 64.9 Å². The topological polar surface area (TPSA) is 78.0 Å². The van der Waals surface area contributed by atoms with Crippen LogP contribution in [0, 0.1) is 0 Å². The number of benzene rings is 1. The van der Waals surface area contributed by atoms with Gasteiger partial charge >= 0.3 is 0 Å². The van der Waals surface area contributed by atoms with Crippen molar-refractivity contribution in [3.63, 3.8) is 0 Å². The summed E-state index contributed by atoms with van der Waals surface area (Å²) in [6, 6.07) is 9.88. The Kier molecular flexibility index (Phi) is 4.20. The minimum atomic E-state index is -0.174. The maximum absolute atomic E-state index is 12.9. The van der Waals surface area contributed by atoms with E-state index in [9.17, 15) is 4.79 Å². The summed E-state index contributed by atoms with van der Waals surface area (Å²) in [4.78, 5) is 17.4. The second-order valence-corrected chi connectivity index (χ2v) is 7.13. The minimum absolute atomic E-state index is 0.174. The highest BCUT2D eigenvalue weighted by atomic mass is 16.1. The maximum Gasteiger partial charge on any atom is 0.283 e. The monoisotopic (exact) mass is 372 g/mol. The molecular formula is C21H20N6O. The number of allylic oxidation sites excluding steroid dienone is 2. The number of hydrogen-bond donors (Lipinski definition) is 0. The van der Waals surface area contributed by atoms with Crippen LogP contribution in [0.2, 0.25) is 0 Å². The third kappa shape index (κ3) is 2.89. The lowest BCUT2D eigenvalue weighted by Crippen LogP contribution is -2.23. The zero-order chi connectivity index (χ0) is 18.9.